The number of fused-ring (bicyclic) bond motifs is 1. The van der Waals surface area contributed by atoms with Gasteiger partial charge in [0, 0.05) is 5.56 Å². The van der Waals surface area contributed by atoms with Crippen LogP contribution in [0.25, 0.3) is 11.0 Å². The molecule has 0 unspecified atom stereocenters. The monoisotopic (exact) mass is 267 g/mol. The van der Waals surface area contributed by atoms with Crippen LogP contribution in [0.2, 0.25) is 0 Å². The molecule has 0 fully saturated rings. The number of carbonyl (C=O) groups excluding carboxylic acids is 1. The molecule has 20 heavy (non-hydrogen) atoms. The van der Waals surface area contributed by atoms with Crippen LogP contribution in [0.1, 0.15) is 10.4 Å². The average molecular weight is 267 g/mol. The van der Waals surface area contributed by atoms with Crippen molar-refractivity contribution in [2.45, 2.75) is 6.67 Å². The standard InChI is InChI=1S/C14H13N5O/c15-18(14(20)11-6-2-1-3-7-11)10-19-13-9-5-4-8-12(13)16-17-19/h1-9H,10,15H2. The quantitative estimate of drug-likeness (QED) is 0.442. The van der Waals surface area contributed by atoms with Crippen molar-refractivity contribution in [3.8, 4) is 0 Å². The molecule has 100 valence electrons. The van der Waals surface area contributed by atoms with Crippen molar-refractivity contribution >= 4 is 16.9 Å². The Balaban J connectivity index is 1.82. The molecule has 0 spiro atoms. The number of hydrogen-bond donors (Lipinski definition) is 1. The Morgan fingerprint density at radius 3 is 2.60 bits per heavy atom. The third kappa shape index (κ3) is 2.24. The number of para-hydroxylation sites is 1. The maximum absolute atomic E-state index is 12.1. The summed E-state index contributed by atoms with van der Waals surface area (Å²) in [5.74, 6) is 5.57. The molecular formula is C14H13N5O. The predicted octanol–water partition coefficient (Wildman–Crippen LogP) is 1.40. The van der Waals surface area contributed by atoms with Gasteiger partial charge in [-0.25, -0.2) is 10.5 Å². The zero-order valence-electron chi connectivity index (χ0n) is 10.7. The second-order valence-corrected chi connectivity index (χ2v) is 4.36. The van der Waals surface area contributed by atoms with Crippen molar-refractivity contribution in [3.63, 3.8) is 0 Å². The summed E-state index contributed by atoms with van der Waals surface area (Å²) in [6.07, 6.45) is 0. The van der Waals surface area contributed by atoms with Crippen LogP contribution in [0.3, 0.4) is 0 Å². The minimum Gasteiger partial charge on any atom is -0.268 e. The van der Waals surface area contributed by atoms with E-state index in [1.807, 2.05) is 30.3 Å². The lowest BCUT2D eigenvalue weighted by Crippen LogP contribution is -2.39. The number of hydrogen-bond acceptors (Lipinski definition) is 4. The highest BCUT2D eigenvalue weighted by Crippen LogP contribution is 2.10. The van der Waals surface area contributed by atoms with Gasteiger partial charge in [-0.2, -0.15) is 0 Å². The number of benzene rings is 2. The molecule has 0 saturated carbocycles. The van der Waals surface area contributed by atoms with Crippen molar-refractivity contribution in [1.82, 2.24) is 20.0 Å². The molecule has 0 aliphatic carbocycles. The Kier molecular flexibility index (Phi) is 3.14. The van der Waals surface area contributed by atoms with Gasteiger partial charge in [0.1, 0.15) is 12.2 Å². The molecule has 0 aliphatic heterocycles. The lowest BCUT2D eigenvalue weighted by molar-refractivity contribution is 0.0695. The number of hydrazine groups is 1. The molecule has 3 rings (SSSR count). The van der Waals surface area contributed by atoms with E-state index >= 15 is 0 Å². The summed E-state index contributed by atoms with van der Waals surface area (Å²) in [5.41, 5.74) is 2.15. The Morgan fingerprint density at radius 1 is 1.10 bits per heavy atom. The number of rotatable bonds is 3. The van der Waals surface area contributed by atoms with Gasteiger partial charge in [-0.05, 0) is 24.3 Å². The highest BCUT2D eigenvalue weighted by molar-refractivity contribution is 5.93. The summed E-state index contributed by atoms with van der Waals surface area (Å²) in [6.45, 7) is 0.147. The molecule has 2 aromatic carbocycles. The van der Waals surface area contributed by atoms with E-state index < -0.39 is 0 Å². The van der Waals surface area contributed by atoms with E-state index in [2.05, 4.69) is 10.3 Å². The number of carbonyl (C=O) groups is 1. The first-order valence-corrected chi connectivity index (χ1v) is 6.15. The normalized spacial score (nSPS) is 10.7. The maximum atomic E-state index is 12.1. The number of aromatic nitrogens is 3. The highest BCUT2D eigenvalue weighted by atomic mass is 16.2. The summed E-state index contributed by atoms with van der Waals surface area (Å²) < 4.78 is 1.59. The summed E-state index contributed by atoms with van der Waals surface area (Å²) in [5, 5.41) is 9.15. The molecule has 0 bridgehead atoms. The van der Waals surface area contributed by atoms with Gasteiger partial charge in [0.2, 0.25) is 0 Å². The largest absolute Gasteiger partial charge is 0.269 e. The second-order valence-electron chi connectivity index (χ2n) is 4.36. The van der Waals surface area contributed by atoms with Crippen molar-refractivity contribution in [2.24, 2.45) is 5.84 Å². The molecule has 3 aromatic rings. The van der Waals surface area contributed by atoms with Crippen LogP contribution in [0, 0.1) is 0 Å². The molecule has 0 atom stereocenters. The first-order chi connectivity index (χ1) is 9.75. The second kappa shape index (κ2) is 5.10. The molecule has 1 heterocycles. The molecule has 0 saturated heterocycles. The van der Waals surface area contributed by atoms with Crippen molar-refractivity contribution in [1.29, 1.82) is 0 Å². The van der Waals surface area contributed by atoms with Gasteiger partial charge in [-0.15, -0.1) is 5.10 Å². The zero-order valence-corrected chi connectivity index (χ0v) is 10.7. The van der Waals surface area contributed by atoms with Gasteiger partial charge in [0.25, 0.3) is 5.91 Å². The van der Waals surface area contributed by atoms with E-state index in [4.69, 9.17) is 5.84 Å². The lowest BCUT2D eigenvalue weighted by atomic mass is 10.2. The molecule has 0 aliphatic rings. The summed E-state index contributed by atoms with van der Waals surface area (Å²) in [6, 6.07) is 16.4. The third-order valence-corrected chi connectivity index (χ3v) is 2.99. The minimum atomic E-state index is -0.259. The van der Waals surface area contributed by atoms with E-state index in [9.17, 15) is 4.79 Å². The molecule has 1 amide bonds. The summed E-state index contributed by atoms with van der Waals surface area (Å²) in [7, 11) is 0. The lowest BCUT2D eigenvalue weighted by Gasteiger charge is -2.16. The third-order valence-electron chi connectivity index (χ3n) is 2.99. The fourth-order valence-electron chi connectivity index (χ4n) is 1.98. The first kappa shape index (κ1) is 12.3. The molecule has 1 aromatic heterocycles. The molecule has 6 nitrogen and oxygen atoms in total. The fraction of sp³-hybridized carbons (Fsp3) is 0.0714. The Bertz CT molecular complexity index is 737. The molecule has 0 radical (unpaired) electrons. The van der Waals surface area contributed by atoms with Crippen molar-refractivity contribution < 1.29 is 4.79 Å². The minimum absolute atomic E-state index is 0.147. The van der Waals surface area contributed by atoms with Crippen LogP contribution < -0.4 is 5.84 Å². The topological polar surface area (TPSA) is 77.0 Å². The smallest absolute Gasteiger partial charge is 0.268 e. The fourth-order valence-corrected chi connectivity index (χ4v) is 1.98. The highest BCUT2D eigenvalue weighted by Gasteiger charge is 2.14. The van der Waals surface area contributed by atoms with Gasteiger partial charge in [-0.1, -0.05) is 35.5 Å². The van der Waals surface area contributed by atoms with E-state index in [1.54, 1.807) is 28.9 Å². The van der Waals surface area contributed by atoms with Gasteiger partial charge in [-0.3, -0.25) is 9.80 Å². The van der Waals surface area contributed by atoms with Crippen LogP contribution in [0.4, 0.5) is 0 Å². The van der Waals surface area contributed by atoms with Gasteiger partial charge in [0.05, 0.1) is 5.52 Å². The van der Waals surface area contributed by atoms with E-state index in [1.165, 1.54) is 0 Å². The Labute approximate surface area is 115 Å². The first-order valence-electron chi connectivity index (χ1n) is 6.15. The summed E-state index contributed by atoms with van der Waals surface area (Å²) in [4.78, 5) is 12.1. The van der Waals surface area contributed by atoms with Crippen molar-refractivity contribution in [3.05, 3.63) is 60.2 Å². The molecule has 2 N–H and O–H groups in total. The van der Waals surface area contributed by atoms with Crippen LogP contribution in [0.5, 0.6) is 0 Å². The van der Waals surface area contributed by atoms with Crippen LogP contribution >= 0.6 is 0 Å². The number of nitrogens with two attached hydrogens (primary N) is 1. The zero-order chi connectivity index (χ0) is 13.9. The van der Waals surface area contributed by atoms with Gasteiger partial charge in [0.15, 0.2) is 0 Å². The summed E-state index contributed by atoms with van der Waals surface area (Å²) >= 11 is 0. The van der Waals surface area contributed by atoms with Crippen molar-refractivity contribution in [2.75, 3.05) is 0 Å². The van der Waals surface area contributed by atoms with Crippen LogP contribution in [-0.4, -0.2) is 25.9 Å². The average Bonchev–Trinajstić information content (AvgIpc) is 2.91. The molecule has 6 heteroatoms. The van der Waals surface area contributed by atoms with Crippen LogP contribution in [0.15, 0.2) is 54.6 Å². The van der Waals surface area contributed by atoms with Gasteiger partial charge < -0.3 is 0 Å². The van der Waals surface area contributed by atoms with E-state index in [0.717, 1.165) is 16.0 Å². The maximum Gasteiger partial charge on any atom is 0.269 e. The Hall–Kier alpha value is -2.73. The van der Waals surface area contributed by atoms with E-state index in [-0.39, 0.29) is 12.6 Å². The van der Waals surface area contributed by atoms with E-state index in [0.29, 0.717) is 5.56 Å². The van der Waals surface area contributed by atoms with Gasteiger partial charge >= 0.3 is 0 Å². The number of nitrogens with zero attached hydrogens (tertiary/aromatic N) is 4. The molecular weight excluding hydrogens is 254 g/mol. The number of amides is 1. The predicted molar refractivity (Wildman–Crippen MR) is 74.3 cm³/mol. The van der Waals surface area contributed by atoms with Crippen LogP contribution in [-0.2, 0) is 6.67 Å². The Morgan fingerprint density at radius 2 is 1.80 bits per heavy atom. The SMILES string of the molecule is NN(Cn1nnc2ccccc21)C(=O)c1ccccc1.